The highest BCUT2D eigenvalue weighted by Gasteiger charge is 2.14. The van der Waals surface area contributed by atoms with Crippen LogP contribution in [0.5, 0.6) is 0 Å². The normalized spacial score (nSPS) is 11.4. The van der Waals surface area contributed by atoms with Gasteiger partial charge in [-0.3, -0.25) is 9.78 Å². The lowest BCUT2D eigenvalue weighted by molar-refractivity contribution is 1.08. The third-order valence-electron chi connectivity index (χ3n) is 3.73. The van der Waals surface area contributed by atoms with Crippen LogP contribution in [0.2, 0.25) is 5.02 Å². The Morgan fingerprint density at radius 3 is 2.68 bits per heavy atom. The molecule has 0 aliphatic rings. The van der Waals surface area contributed by atoms with Gasteiger partial charge < -0.3 is 0 Å². The second-order valence-corrected chi connectivity index (χ2v) is 6.56. The summed E-state index contributed by atoms with van der Waals surface area (Å²) in [6, 6.07) is 13.5. The first-order chi connectivity index (χ1) is 12.2. The molecule has 25 heavy (non-hydrogen) atoms. The molecule has 0 N–H and O–H groups in total. The van der Waals surface area contributed by atoms with Gasteiger partial charge in [0, 0.05) is 17.8 Å². The Balaban J connectivity index is 1.84. The number of rotatable bonds is 3. The monoisotopic (exact) mass is 365 g/mol. The van der Waals surface area contributed by atoms with Gasteiger partial charge in [0.1, 0.15) is 5.02 Å². The van der Waals surface area contributed by atoms with Crippen molar-refractivity contribution in [3.05, 3.63) is 86.9 Å². The predicted molar refractivity (Wildman–Crippen MR) is 103 cm³/mol. The van der Waals surface area contributed by atoms with Crippen molar-refractivity contribution in [3.63, 3.8) is 0 Å². The van der Waals surface area contributed by atoms with Gasteiger partial charge in [-0.05, 0) is 23.3 Å². The first-order valence-corrected chi connectivity index (χ1v) is 8.83. The fraction of sp³-hybridized carbons (Fsp3) is 0. The first kappa shape index (κ1) is 15.7. The second kappa shape index (κ2) is 6.63. The highest BCUT2D eigenvalue weighted by atomic mass is 35.5. The summed E-state index contributed by atoms with van der Waals surface area (Å²) >= 11 is 7.71. The van der Waals surface area contributed by atoms with Gasteiger partial charge in [0.2, 0.25) is 0 Å². The van der Waals surface area contributed by atoms with Crippen molar-refractivity contribution in [1.29, 1.82) is 0 Å². The number of pyridine rings is 1. The zero-order valence-corrected chi connectivity index (χ0v) is 14.5. The summed E-state index contributed by atoms with van der Waals surface area (Å²) in [6.07, 6.45) is 7.01. The minimum atomic E-state index is -0.266. The highest BCUT2D eigenvalue weighted by molar-refractivity contribution is 7.15. The Bertz CT molecular complexity index is 1120. The van der Waals surface area contributed by atoms with E-state index < -0.39 is 0 Å². The molecular weight excluding hydrogens is 354 g/mol. The maximum absolute atomic E-state index is 12.8. The van der Waals surface area contributed by atoms with Crippen LogP contribution in [-0.2, 0) is 0 Å². The maximum atomic E-state index is 12.8. The van der Waals surface area contributed by atoms with Gasteiger partial charge in [0.05, 0.1) is 11.4 Å². The summed E-state index contributed by atoms with van der Waals surface area (Å²) in [5.41, 5.74) is 2.85. The standard InChI is InChI=1S/C19H12ClN3OS/c20-17-15(9-8-13-5-4-10-21-11-13)22-19-23(18(17)24)16(12-25-19)14-6-2-1-3-7-14/h1-12H. The number of hydrogen-bond donors (Lipinski definition) is 0. The Morgan fingerprint density at radius 2 is 1.92 bits per heavy atom. The average molecular weight is 366 g/mol. The lowest BCUT2D eigenvalue weighted by Gasteiger charge is -2.03. The van der Waals surface area contributed by atoms with Crippen LogP contribution in [0.4, 0.5) is 0 Å². The van der Waals surface area contributed by atoms with Gasteiger partial charge >= 0.3 is 0 Å². The smallest absolute Gasteiger partial charge is 0.267 e. The molecule has 0 unspecified atom stereocenters. The number of thiazole rings is 1. The largest absolute Gasteiger partial charge is 0.278 e. The van der Waals surface area contributed by atoms with E-state index in [2.05, 4.69) is 9.97 Å². The zero-order valence-electron chi connectivity index (χ0n) is 13.0. The highest BCUT2D eigenvalue weighted by Crippen LogP contribution is 2.25. The van der Waals surface area contributed by atoms with Crippen LogP contribution in [0.1, 0.15) is 11.3 Å². The van der Waals surface area contributed by atoms with Crippen LogP contribution in [0.3, 0.4) is 0 Å². The zero-order chi connectivity index (χ0) is 17.2. The Morgan fingerprint density at radius 1 is 1.08 bits per heavy atom. The van der Waals surface area contributed by atoms with Crippen LogP contribution in [0.25, 0.3) is 28.4 Å². The molecule has 0 bridgehead atoms. The summed E-state index contributed by atoms with van der Waals surface area (Å²) in [4.78, 5) is 22.0. The van der Waals surface area contributed by atoms with E-state index in [1.807, 2.05) is 53.9 Å². The summed E-state index contributed by atoms with van der Waals surface area (Å²) in [7, 11) is 0. The average Bonchev–Trinajstić information content (AvgIpc) is 3.09. The van der Waals surface area contributed by atoms with Crippen molar-refractivity contribution in [1.82, 2.24) is 14.4 Å². The summed E-state index contributed by atoms with van der Waals surface area (Å²) in [5, 5.41) is 2.03. The van der Waals surface area contributed by atoms with Crippen molar-refractivity contribution in [2.75, 3.05) is 0 Å². The molecular formula is C19H12ClN3OS. The van der Waals surface area contributed by atoms with Gasteiger partial charge in [-0.2, -0.15) is 0 Å². The van der Waals surface area contributed by atoms with Gasteiger partial charge in [-0.1, -0.05) is 54.1 Å². The molecule has 0 amide bonds. The SMILES string of the molecule is O=c1c(Cl)c(C=Cc2cccnc2)nc2scc(-c3ccccc3)n12. The molecule has 0 saturated carbocycles. The molecule has 4 aromatic rings. The fourth-order valence-corrected chi connectivity index (χ4v) is 3.60. The molecule has 1 aromatic carbocycles. The molecule has 3 aromatic heterocycles. The fourth-order valence-electron chi connectivity index (χ4n) is 2.52. The van der Waals surface area contributed by atoms with Crippen molar-refractivity contribution < 1.29 is 0 Å². The quantitative estimate of drug-likeness (QED) is 0.531. The van der Waals surface area contributed by atoms with E-state index in [-0.39, 0.29) is 10.6 Å². The number of halogens is 1. The Labute approximate surface area is 152 Å². The van der Waals surface area contributed by atoms with E-state index in [0.29, 0.717) is 10.7 Å². The first-order valence-electron chi connectivity index (χ1n) is 7.57. The topological polar surface area (TPSA) is 47.3 Å². The van der Waals surface area contributed by atoms with E-state index in [4.69, 9.17) is 11.6 Å². The van der Waals surface area contributed by atoms with Gasteiger partial charge in [0.25, 0.3) is 5.56 Å². The Hall–Kier alpha value is -2.76. The molecule has 0 fully saturated rings. The molecule has 0 atom stereocenters. The molecule has 122 valence electrons. The van der Waals surface area contributed by atoms with E-state index in [1.54, 1.807) is 22.9 Å². The van der Waals surface area contributed by atoms with Crippen molar-refractivity contribution >= 4 is 40.1 Å². The summed E-state index contributed by atoms with van der Waals surface area (Å²) in [5.74, 6) is 0. The van der Waals surface area contributed by atoms with Crippen molar-refractivity contribution in [2.24, 2.45) is 0 Å². The summed E-state index contributed by atoms with van der Waals surface area (Å²) < 4.78 is 1.56. The Kier molecular flexibility index (Phi) is 4.17. The number of hydrogen-bond acceptors (Lipinski definition) is 4. The lowest BCUT2D eigenvalue weighted by atomic mass is 10.2. The van der Waals surface area contributed by atoms with Gasteiger partial charge in [-0.25, -0.2) is 9.38 Å². The van der Waals surface area contributed by atoms with Crippen LogP contribution in [-0.4, -0.2) is 14.4 Å². The van der Waals surface area contributed by atoms with E-state index >= 15 is 0 Å². The van der Waals surface area contributed by atoms with Gasteiger partial charge in [-0.15, -0.1) is 11.3 Å². The molecule has 6 heteroatoms. The molecule has 3 heterocycles. The number of nitrogens with zero attached hydrogens (tertiary/aromatic N) is 3. The predicted octanol–water partition coefficient (Wildman–Crippen LogP) is 4.64. The molecule has 0 spiro atoms. The van der Waals surface area contributed by atoms with Crippen LogP contribution in [0, 0.1) is 0 Å². The van der Waals surface area contributed by atoms with E-state index in [1.165, 1.54) is 11.3 Å². The molecule has 0 aliphatic carbocycles. The molecule has 0 saturated heterocycles. The van der Waals surface area contributed by atoms with E-state index in [9.17, 15) is 4.79 Å². The number of benzene rings is 1. The third kappa shape index (κ3) is 2.99. The molecule has 0 aliphatic heterocycles. The van der Waals surface area contributed by atoms with Crippen molar-refractivity contribution in [2.45, 2.75) is 0 Å². The number of aromatic nitrogens is 3. The third-order valence-corrected chi connectivity index (χ3v) is 4.91. The molecule has 0 radical (unpaired) electrons. The van der Waals surface area contributed by atoms with Gasteiger partial charge in [0.15, 0.2) is 4.96 Å². The molecule has 4 rings (SSSR count). The minimum Gasteiger partial charge on any atom is -0.267 e. The number of fused-ring (bicyclic) bond motifs is 1. The van der Waals surface area contributed by atoms with E-state index in [0.717, 1.165) is 16.8 Å². The van der Waals surface area contributed by atoms with Crippen LogP contribution in [0.15, 0.2) is 65.0 Å². The van der Waals surface area contributed by atoms with Crippen LogP contribution < -0.4 is 5.56 Å². The second-order valence-electron chi connectivity index (χ2n) is 5.34. The molecule has 4 nitrogen and oxygen atoms in total. The minimum absolute atomic E-state index is 0.105. The summed E-state index contributed by atoms with van der Waals surface area (Å²) in [6.45, 7) is 0. The maximum Gasteiger partial charge on any atom is 0.278 e. The van der Waals surface area contributed by atoms with Crippen molar-refractivity contribution in [3.8, 4) is 11.3 Å². The lowest BCUT2D eigenvalue weighted by Crippen LogP contribution is -2.16. The van der Waals surface area contributed by atoms with Crippen LogP contribution >= 0.6 is 22.9 Å².